The molecular formula is C8H12N4. The third kappa shape index (κ3) is 2.16. The SMILES string of the molecule is N/N=C(\N)Cc1ccc(N)cc1. The van der Waals surface area contributed by atoms with Crippen molar-refractivity contribution in [3.05, 3.63) is 29.8 Å². The minimum Gasteiger partial charge on any atom is -0.399 e. The Morgan fingerprint density at radius 3 is 2.33 bits per heavy atom. The molecule has 0 spiro atoms. The number of hydrogen-bond donors (Lipinski definition) is 3. The van der Waals surface area contributed by atoms with Crippen molar-refractivity contribution < 1.29 is 0 Å². The maximum atomic E-state index is 5.50. The van der Waals surface area contributed by atoms with Crippen LogP contribution in [0.4, 0.5) is 5.69 Å². The lowest BCUT2D eigenvalue weighted by Crippen LogP contribution is -2.16. The number of nitrogen functional groups attached to an aromatic ring is 1. The monoisotopic (exact) mass is 164 g/mol. The van der Waals surface area contributed by atoms with E-state index in [1.165, 1.54) is 0 Å². The smallest absolute Gasteiger partial charge is 0.123 e. The van der Waals surface area contributed by atoms with Crippen LogP contribution < -0.4 is 17.3 Å². The normalized spacial score (nSPS) is 11.5. The average molecular weight is 164 g/mol. The van der Waals surface area contributed by atoms with Gasteiger partial charge in [-0.2, -0.15) is 5.10 Å². The zero-order valence-corrected chi connectivity index (χ0v) is 6.70. The lowest BCUT2D eigenvalue weighted by Gasteiger charge is -1.99. The summed E-state index contributed by atoms with van der Waals surface area (Å²) in [7, 11) is 0. The Kier molecular flexibility index (Phi) is 2.53. The molecule has 6 N–H and O–H groups in total. The summed E-state index contributed by atoms with van der Waals surface area (Å²) < 4.78 is 0. The van der Waals surface area contributed by atoms with Gasteiger partial charge < -0.3 is 17.3 Å². The van der Waals surface area contributed by atoms with Gasteiger partial charge in [-0.15, -0.1) is 0 Å². The Labute approximate surface area is 71.0 Å². The third-order valence-electron chi connectivity index (χ3n) is 1.53. The number of rotatable bonds is 2. The van der Waals surface area contributed by atoms with E-state index in [0.717, 1.165) is 11.3 Å². The Morgan fingerprint density at radius 1 is 1.25 bits per heavy atom. The number of nitrogens with two attached hydrogens (primary N) is 3. The maximum absolute atomic E-state index is 5.50. The molecule has 0 unspecified atom stereocenters. The molecule has 0 amide bonds. The molecule has 64 valence electrons. The fourth-order valence-corrected chi connectivity index (χ4v) is 0.890. The summed E-state index contributed by atoms with van der Waals surface area (Å²) in [6.07, 6.45) is 0.566. The second-order valence-electron chi connectivity index (χ2n) is 2.54. The van der Waals surface area contributed by atoms with Crippen LogP contribution in [0, 0.1) is 0 Å². The van der Waals surface area contributed by atoms with Crippen molar-refractivity contribution in [3.8, 4) is 0 Å². The first kappa shape index (κ1) is 8.39. The Morgan fingerprint density at radius 2 is 1.83 bits per heavy atom. The summed E-state index contributed by atoms with van der Waals surface area (Å²) >= 11 is 0. The molecule has 1 aromatic carbocycles. The van der Waals surface area contributed by atoms with Gasteiger partial charge in [0.05, 0.1) is 0 Å². The Bertz CT molecular complexity index is 276. The van der Waals surface area contributed by atoms with Gasteiger partial charge in [0, 0.05) is 12.1 Å². The summed E-state index contributed by atoms with van der Waals surface area (Å²) in [5, 5.41) is 3.37. The van der Waals surface area contributed by atoms with E-state index in [9.17, 15) is 0 Å². The first-order chi connectivity index (χ1) is 5.72. The third-order valence-corrected chi connectivity index (χ3v) is 1.53. The number of nitrogens with zero attached hydrogens (tertiary/aromatic N) is 1. The van der Waals surface area contributed by atoms with Gasteiger partial charge in [-0.25, -0.2) is 0 Å². The fourth-order valence-electron chi connectivity index (χ4n) is 0.890. The lowest BCUT2D eigenvalue weighted by molar-refractivity contribution is 1.17. The quantitative estimate of drug-likeness (QED) is 0.189. The molecule has 1 aromatic rings. The van der Waals surface area contributed by atoms with E-state index in [1.54, 1.807) is 0 Å². The van der Waals surface area contributed by atoms with Crippen molar-refractivity contribution in [2.75, 3.05) is 5.73 Å². The highest BCUT2D eigenvalue weighted by molar-refractivity contribution is 5.82. The van der Waals surface area contributed by atoms with Crippen LogP contribution in [-0.4, -0.2) is 5.84 Å². The largest absolute Gasteiger partial charge is 0.399 e. The van der Waals surface area contributed by atoms with Crippen LogP contribution in [0.15, 0.2) is 29.4 Å². The maximum Gasteiger partial charge on any atom is 0.123 e. The summed E-state index contributed by atoms with van der Waals surface area (Å²) in [5.41, 5.74) is 12.7. The first-order valence-corrected chi connectivity index (χ1v) is 3.59. The molecule has 0 aliphatic carbocycles. The minimum atomic E-state index is 0.416. The summed E-state index contributed by atoms with van der Waals surface area (Å²) in [5.74, 6) is 5.40. The molecular weight excluding hydrogens is 152 g/mol. The van der Waals surface area contributed by atoms with Crippen LogP contribution in [0.3, 0.4) is 0 Å². The lowest BCUT2D eigenvalue weighted by atomic mass is 10.1. The highest BCUT2D eigenvalue weighted by Gasteiger charge is 1.95. The Balaban J connectivity index is 2.71. The molecule has 0 heterocycles. The van der Waals surface area contributed by atoms with Crippen molar-refractivity contribution >= 4 is 11.5 Å². The van der Waals surface area contributed by atoms with E-state index in [1.807, 2.05) is 24.3 Å². The minimum absolute atomic E-state index is 0.416. The van der Waals surface area contributed by atoms with Crippen LogP contribution in [0.25, 0.3) is 0 Å². The molecule has 0 saturated heterocycles. The van der Waals surface area contributed by atoms with Crippen LogP contribution >= 0.6 is 0 Å². The van der Waals surface area contributed by atoms with Crippen molar-refractivity contribution in [1.29, 1.82) is 0 Å². The number of anilines is 1. The fraction of sp³-hybridized carbons (Fsp3) is 0.125. The van der Waals surface area contributed by atoms with Crippen molar-refractivity contribution in [2.24, 2.45) is 16.7 Å². The molecule has 12 heavy (non-hydrogen) atoms. The molecule has 0 aromatic heterocycles. The summed E-state index contributed by atoms with van der Waals surface area (Å²) in [4.78, 5) is 0. The van der Waals surface area contributed by atoms with Crippen LogP contribution in [0.5, 0.6) is 0 Å². The average Bonchev–Trinajstić information content (AvgIpc) is 2.09. The van der Waals surface area contributed by atoms with Gasteiger partial charge in [0.25, 0.3) is 0 Å². The molecule has 4 heteroatoms. The first-order valence-electron chi connectivity index (χ1n) is 3.59. The van der Waals surface area contributed by atoms with Crippen LogP contribution in [0.1, 0.15) is 5.56 Å². The van der Waals surface area contributed by atoms with Crippen molar-refractivity contribution in [1.82, 2.24) is 0 Å². The topological polar surface area (TPSA) is 90.4 Å². The van der Waals surface area contributed by atoms with Crippen molar-refractivity contribution in [2.45, 2.75) is 6.42 Å². The van der Waals surface area contributed by atoms with E-state index in [2.05, 4.69) is 5.10 Å². The standard InChI is InChI=1S/C8H12N4/c9-7-3-1-6(2-4-7)5-8(10)12-11/h1-4H,5,9,11H2,(H2,10,12). The van der Waals surface area contributed by atoms with Gasteiger partial charge >= 0.3 is 0 Å². The van der Waals surface area contributed by atoms with E-state index >= 15 is 0 Å². The molecule has 0 fully saturated rings. The van der Waals surface area contributed by atoms with Gasteiger partial charge in [-0.1, -0.05) is 12.1 Å². The predicted octanol–water partition coefficient (Wildman–Crippen LogP) is 0.0422. The van der Waals surface area contributed by atoms with Gasteiger partial charge in [-0.05, 0) is 17.7 Å². The molecule has 0 aliphatic heterocycles. The molecule has 4 nitrogen and oxygen atoms in total. The second-order valence-corrected chi connectivity index (χ2v) is 2.54. The molecule has 0 aliphatic rings. The van der Waals surface area contributed by atoms with Gasteiger partial charge in [0.15, 0.2) is 0 Å². The highest BCUT2D eigenvalue weighted by atomic mass is 15.1. The Hall–Kier alpha value is -1.71. The number of hydrogen-bond acceptors (Lipinski definition) is 3. The molecule has 0 saturated carbocycles. The summed E-state index contributed by atoms with van der Waals surface area (Å²) in [6, 6.07) is 7.43. The second kappa shape index (κ2) is 3.61. The molecule has 1 rings (SSSR count). The van der Waals surface area contributed by atoms with Gasteiger partial charge in [-0.3, -0.25) is 0 Å². The summed E-state index contributed by atoms with van der Waals surface area (Å²) in [6.45, 7) is 0. The van der Waals surface area contributed by atoms with Gasteiger partial charge in [0.1, 0.15) is 5.84 Å². The molecule has 0 bridgehead atoms. The van der Waals surface area contributed by atoms with Crippen molar-refractivity contribution in [3.63, 3.8) is 0 Å². The van der Waals surface area contributed by atoms with E-state index < -0.39 is 0 Å². The predicted molar refractivity (Wildman–Crippen MR) is 50.4 cm³/mol. The molecule has 0 radical (unpaired) electrons. The number of hydrazone groups is 1. The zero-order chi connectivity index (χ0) is 8.97. The van der Waals surface area contributed by atoms with E-state index in [0.29, 0.717) is 12.3 Å². The zero-order valence-electron chi connectivity index (χ0n) is 6.70. The van der Waals surface area contributed by atoms with E-state index in [-0.39, 0.29) is 0 Å². The number of benzene rings is 1. The van der Waals surface area contributed by atoms with E-state index in [4.69, 9.17) is 17.3 Å². The highest BCUT2D eigenvalue weighted by Crippen LogP contribution is 2.05. The number of amidine groups is 1. The van der Waals surface area contributed by atoms with Crippen LogP contribution in [0.2, 0.25) is 0 Å². The van der Waals surface area contributed by atoms with Crippen LogP contribution in [-0.2, 0) is 6.42 Å². The molecule has 0 atom stereocenters. The van der Waals surface area contributed by atoms with Gasteiger partial charge in [0.2, 0.25) is 0 Å².